The summed E-state index contributed by atoms with van der Waals surface area (Å²) in [5, 5.41) is 9.35. The molecule has 0 aromatic heterocycles. The molecular weight excluding hydrogens is 876 g/mol. The second kappa shape index (κ2) is 34.4. The van der Waals surface area contributed by atoms with E-state index in [1.165, 1.54) is 139 Å². The van der Waals surface area contributed by atoms with Crippen molar-refractivity contribution in [2.75, 3.05) is 209 Å². The predicted molar refractivity (Wildman–Crippen MR) is 266 cm³/mol. The van der Waals surface area contributed by atoms with E-state index in [4.69, 9.17) is 4.74 Å². The van der Waals surface area contributed by atoms with E-state index >= 15 is 0 Å². The first-order chi connectivity index (χ1) is 30.7. The number of carboxylic acid groups (broad SMARTS) is 1. The summed E-state index contributed by atoms with van der Waals surface area (Å²) >= 11 is 0. The third kappa shape index (κ3) is 25.3. The van der Waals surface area contributed by atoms with E-state index in [0.29, 0.717) is 6.54 Å². The van der Waals surface area contributed by atoms with Crippen LogP contribution in [0.4, 0.5) is 0 Å². The smallest absolute Gasteiger partial charge is 0.320 e. The van der Waals surface area contributed by atoms with Gasteiger partial charge in [0.25, 0.3) is 0 Å². The predicted octanol–water partition coefficient (Wildman–Crippen LogP) is -2.03. The number of nitrogens with zero attached hydrogens (tertiary/aromatic N) is 10. The quantitative estimate of drug-likeness (QED) is 0.122. The molecule has 6 saturated heterocycles. The van der Waals surface area contributed by atoms with Crippen LogP contribution in [-0.4, -0.2) is 280 Å². The van der Waals surface area contributed by atoms with Crippen LogP contribution in [-0.2, 0) is 14.3 Å². The third-order valence-corrected chi connectivity index (χ3v) is 15.6. The minimum absolute atomic E-state index is 0. The number of quaternary nitrogens is 2. The number of halogens is 2. The minimum Gasteiger partial charge on any atom is -1.00 e. The Morgan fingerprint density at radius 3 is 1.02 bits per heavy atom. The molecule has 0 atom stereocenters. The van der Waals surface area contributed by atoms with Crippen molar-refractivity contribution in [3.8, 4) is 0 Å². The fraction of sp³-hybridized carbons (Fsp3) is 0.960. The number of ether oxygens (including phenoxy) is 1. The first-order valence-electron chi connectivity index (χ1n) is 26.6. The molecule has 6 aliphatic rings. The molecule has 14 nitrogen and oxygen atoms in total. The normalized spacial score (nSPS) is 24.4. The Morgan fingerprint density at radius 1 is 0.439 bits per heavy atom. The molecule has 0 aromatic rings. The number of piperazine rings is 2. The Bertz CT molecular complexity index is 1230. The molecule has 0 amide bonds. The number of hydrogen-bond donors (Lipinski definition) is 1. The average Bonchev–Trinajstić information content (AvgIpc) is 3.27. The molecule has 6 heterocycles. The molecule has 0 aromatic carbocycles. The molecule has 6 aliphatic heterocycles. The Kier molecular flexibility index (Phi) is 32.9. The van der Waals surface area contributed by atoms with Gasteiger partial charge in [0.1, 0.15) is 5.60 Å². The van der Waals surface area contributed by atoms with Gasteiger partial charge in [0.2, 0.25) is 0 Å². The number of fused-ring (bicyclic) bond motifs is 22. The highest BCUT2D eigenvalue weighted by molar-refractivity contribution is 5.72. The zero-order valence-electron chi connectivity index (χ0n) is 44.3. The topological polar surface area (TPSA) is 89.5 Å². The highest BCUT2D eigenvalue weighted by Gasteiger charge is 2.25. The van der Waals surface area contributed by atoms with Crippen LogP contribution >= 0.6 is 0 Å². The summed E-state index contributed by atoms with van der Waals surface area (Å²) in [5.74, 6) is -0.795. The number of aliphatic carboxylic acids is 1. The summed E-state index contributed by atoms with van der Waals surface area (Å²) < 4.78 is 8.09. The van der Waals surface area contributed by atoms with E-state index in [1.807, 2.05) is 20.8 Å². The van der Waals surface area contributed by atoms with Crippen molar-refractivity contribution in [2.24, 2.45) is 0 Å². The van der Waals surface area contributed by atoms with Crippen LogP contribution in [0.15, 0.2) is 0 Å². The summed E-state index contributed by atoms with van der Waals surface area (Å²) in [4.78, 5) is 44.2. The molecule has 0 radical (unpaired) electrons. The summed E-state index contributed by atoms with van der Waals surface area (Å²) in [5.41, 5.74) is -0.423. The highest BCUT2D eigenvalue weighted by Crippen LogP contribution is 2.13. The Morgan fingerprint density at radius 2 is 0.727 bits per heavy atom. The number of esters is 1. The van der Waals surface area contributed by atoms with Gasteiger partial charge in [0.05, 0.1) is 65.4 Å². The van der Waals surface area contributed by atoms with Crippen molar-refractivity contribution in [3.63, 3.8) is 0 Å². The SMILES string of the molecule is CC[N+](CC)(CC)CCCN1CCCN2CCN(CCCN(CC(=O)O)CC1)CC2.CC[N+](CC)(CC)CCCN1CCCN2CCN(CCCN(CC(=O)OC(C)(C)C)CC1)CC2.[Cl-].[Cl-]. The van der Waals surface area contributed by atoms with Gasteiger partial charge < -0.3 is 73.0 Å². The van der Waals surface area contributed by atoms with Crippen molar-refractivity contribution in [2.45, 2.75) is 106 Å². The van der Waals surface area contributed by atoms with Crippen LogP contribution in [0.25, 0.3) is 0 Å². The second-order valence-electron chi connectivity index (χ2n) is 20.7. The van der Waals surface area contributed by atoms with E-state index in [0.717, 1.165) is 104 Å². The van der Waals surface area contributed by atoms with E-state index in [1.54, 1.807) is 0 Å². The van der Waals surface area contributed by atoms with Gasteiger partial charge in [-0.05, 0) is 127 Å². The lowest BCUT2D eigenvalue weighted by Crippen LogP contribution is -3.00. The summed E-state index contributed by atoms with van der Waals surface area (Å²) in [7, 11) is 0. The number of rotatable bonds is 18. The standard InChI is InChI=1S/C27H56N5O2.C23H47N5O2.2ClH/c1-7-32(8-2,9-3)24-12-17-28-13-10-14-29-18-20-30(21-19-29)15-11-16-31(23-22-28)25-26(33)34-27(4,5)6;1-4-28(5-2,6-3)21-9-14-24-10-7-11-25-15-17-26(18-16-25)12-8-13-27(20-19-24)22-23(29)30;;/h7-25H2,1-6H3;4-22H2,1-3H3;2*1H/q+1;;;/p-1. The molecule has 0 spiro atoms. The lowest BCUT2D eigenvalue weighted by atomic mass is 10.2. The Hall–Kier alpha value is -0.880. The van der Waals surface area contributed by atoms with Crippen LogP contribution in [0, 0.1) is 0 Å². The number of carbonyl (C=O) groups is 2. The van der Waals surface area contributed by atoms with Gasteiger partial charge in [-0.2, -0.15) is 0 Å². The van der Waals surface area contributed by atoms with Crippen LogP contribution < -0.4 is 24.8 Å². The molecular formula is C50H104Cl2N10O4. The molecule has 0 unspecified atom stereocenters. The molecule has 0 aliphatic carbocycles. The second-order valence-corrected chi connectivity index (χ2v) is 20.7. The molecule has 392 valence electrons. The van der Waals surface area contributed by atoms with Crippen molar-refractivity contribution in [3.05, 3.63) is 0 Å². The van der Waals surface area contributed by atoms with Gasteiger partial charge in [0, 0.05) is 118 Å². The van der Waals surface area contributed by atoms with E-state index in [-0.39, 0.29) is 37.3 Å². The van der Waals surface area contributed by atoms with E-state index < -0.39 is 11.6 Å². The van der Waals surface area contributed by atoms with Gasteiger partial charge in [-0.15, -0.1) is 0 Å². The minimum atomic E-state index is -0.702. The molecule has 66 heavy (non-hydrogen) atoms. The lowest BCUT2D eigenvalue weighted by Gasteiger charge is -2.37. The average molecular weight is 980 g/mol. The first kappa shape index (κ1) is 63.1. The largest absolute Gasteiger partial charge is 1.00 e. The molecule has 16 heteroatoms. The fourth-order valence-corrected chi connectivity index (χ4v) is 10.6. The molecule has 0 saturated carbocycles. The first-order valence-corrected chi connectivity index (χ1v) is 26.6. The van der Waals surface area contributed by atoms with Crippen molar-refractivity contribution in [1.29, 1.82) is 0 Å². The number of hydrogen-bond acceptors (Lipinski definition) is 11. The van der Waals surface area contributed by atoms with Crippen molar-refractivity contribution in [1.82, 2.24) is 39.2 Å². The van der Waals surface area contributed by atoms with Gasteiger partial charge in [0.15, 0.2) is 0 Å². The highest BCUT2D eigenvalue weighted by atomic mass is 35.5. The Labute approximate surface area is 418 Å². The maximum Gasteiger partial charge on any atom is 0.320 e. The molecule has 4 bridgehead atoms. The Balaban J connectivity index is 0.000000645. The summed E-state index contributed by atoms with van der Waals surface area (Å²) in [6.07, 6.45) is 7.12. The van der Waals surface area contributed by atoms with Crippen LogP contribution in [0.1, 0.15) is 101 Å². The van der Waals surface area contributed by atoms with E-state index in [9.17, 15) is 14.7 Å². The van der Waals surface area contributed by atoms with E-state index in [2.05, 4.69) is 80.7 Å². The summed E-state index contributed by atoms with van der Waals surface area (Å²) in [6.45, 7) is 54.6. The molecule has 1 N–H and O–H groups in total. The molecule has 6 rings (SSSR count). The van der Waals surface area contributed by atoms with Crippen LogP contribution in [0.5, 0.6) is 0 Å². The third-order valence-electron chi connectivity index (χ3n) is 15.6. The van der Waals surface area contributed by atoms with Crippen molar-refractivity contribution >= 4 is 11.9 Å². The van der Waals surface area contributed by atoms with Gasteiger partial charge in [-0.1, -0.05) is 0 Å². The van der Waals surface area contributed by atoms with Gasteiger partial charge in [-0.3, -0.25) is 19.4 Å². The summed E-state index contributed by atoms with van der Waals surface area (Å²) in [6, 6.07) is 0. The molecule has 6 fully saturated rings. The number of carboxylic acids is 1. The van der Waals surface area contributed by atoms with Crippen molar-refractivity contribution < 1.29 is 53.2 Å². The van der Waals surface area contributed by atoms with Gasteiger partial charge >= 0.3 is 11.9 Å². The van der Waals surface area contributed by atoms with Gasteiger partial charge in [-0.25, -0.2) is 0 Å². The number of carbonyl (C=O) groups excluding carboxylic acids is 1. The van der Waals surface area contributed by atoms with Crippen LogP contribution in [0.3, 0.4) is 0 Å². The zero-order valence-corrected chi connectivity index (χ0v) is 45.8. The van der Waals surface area contributed by atoms with Crippen LogP contribution in [0.2, 0.25) is 0 Å². The monoisotopic (exact) mass is 979 g/mol. The fourth-order valence-electron chi connectivity index (χ4n) is 10.6. The lowest BCUT2D eigenvalue weighted by molar-refractivity contribution is -0.923. The maximum atomic E-state index is 12.6. The maximum absolute atomic E-state index is 12.6. The zero-order chi connectivity index (χ0) is 46.9.